The van der Waals surface area contributed by atoms with Crippen LogP contribution in [0.15, 0.2) is 29.2 Å². The summed E-state index contributed by atoms with van der Waals surface area (Å²) in [5, 5.41) is 0. The molecule has 0 heterocycles. The van der Waals surface area contributed by atoms with E-state index in [9.17, 15) is 4.79 Å². The number of hydrogen-bond acceptors (Lipinski definition) is 4. The molecule has 5 heteroatoms. The lowest BCUT2D eigenvalue weighted by Gasteiger charge is -2.05. The van der Waals surface area contributed by atoms with E-state index in [-0.39, 0.29) is 12.5 Å². The summed E-state index contributed by atoms with van der Waals surface area (Å²) in [5.41, 5.74) is 2.00. The number of carbonyl (C=O) groups is 1. The third-order valence-corrected chi connectivity index (χ3v) is 2.56. The van der Waals surface area contributed by atoms with Gasteiger partial charge in [-0.05, 0) is 30.0 Å². The van der Waals surface area contributed by atoms with Gasteiger partial charge in [-0.3, -0.25) is 10.2 Å². The first-order valence-electron chi connectivity index (χ1n) is 4.61. The summed E-state index contributed by atoms with van der Waals surface area (Å²) in [4.78, 5) is 12.0. The fourth-order valence-corrected chi connectivity index (χ4v) is 1.65. The van der Waals surface area contributed by atoms with Crippen LogP contribution in [0.25, 0.3) is 0 Å². The quantitative estimate of drug-likeness (QED) is 0.342. The molecule has 4 nitrogen and oxygen atoms in total. The number of hydrazine groups is 1. The summed E-state index contributed by atoms with van der Waals surface area (Å²) < 4.78 is 5.19. The lowest BCUT2D eigenvalue weighted by Crippen LogP contribution is -2.34. The number of benzene rings is 1. The number of carbonyl (C=O) groups excluding carboxylic acids is 1. The van der Waals surface area contributed by atoms with Crippen LogP contribution in [0, 0.1) is 0 Å². The smallest absolute Gasteiger partial charge is 0.271 e. The first-order chi connectivity index (χ1) is 7.26. The molecular formula is C10H14N2O2S. The molecule has 15 heavy (non-hydrogen) atoms. The van der Waals surface area contributed by atoms with Gasteiger partial charge in [-0.15, -0.1) is 11.8 Å². The van der Waals surface area contributed by atoms with Gasteiger partial charge in [0, 0.05) is 4.90 Å². The van der Waals surface area contributed by atoms with E-state index in [4.69, 9.17) is 10.6 Å². The largest absolute Gasteiger partial charge is 0.484 e. The zero-order valence-electron chi connectivity index (χ0n) is 8.53. The Morgan fingerprint density at radius 3 is 2.67 bits per heavy atom. The van der Waals surface area contributed by atoms with E-state index >= 15 is 0 Å². The molecule has 0 saturated carbocycles. The highest BCUT2D eigenvalue weighted by atomic mass is 32.2. The Morgan fingerprint density at radius 1 is 1.47 bits per heavy atom. The maximum Gasteiger partial charge on any atom is 0.271 e. The molecule has 0 aromatic heterocycles. The molecule has 82 valence electrons. The Bertz CT molecular complexity index is 314. The minimum atomic E-state index is -0.345. The zero-order chi connectivity index (χ0) is 11.1. The molecule has 0 aliphatic rings. The van der Waals surface area contributed by atoms with Crippen molar-refractivity contribution in [2.45, 2.75) is 11.8 Å². The third kappa shape index (κ3) is 4.22. The second kappa shape index (κ2) is 6.31. The van der Waals surface area contributed by atoms with Crippen LogP contribution >= 0.6 is 11.8 Å². The van der Waals surface area contributed by atoms with Crippen LogP contribution in [0.2, 0.25) is 0 Å². The highest BCUT2D eigenvalue weighted by Gasteiger charge is 1.99. The van der Waals surface area contributed by atoms with Gasteiger partial charge in [-0.2, -0.15) is 0 Å². The standard InChI is InChI=1S/C10H14N2O2S/c1-2-15-9-5-3-8(4-6-9)14-7-10(13)12-11/h3-6H,2,7,11H2,1H3,(H,12,13). The van der Waals surface area contributed by atoms with Crippen molar-refractivity contribution in [2.75, 3.05) is 12.4 Å². The van der Waals surface area contributed by atoms with E-state index < -0.39 is 0 Å². The normalized spacial score (nSPS) is 9.73. The summed E-state index contributed by atoms with van der Waals surface area (Å²) in [7, 11) is 0. The van der Waals surface area contributed by atoms with Crippen LogP contribution in [0.1, 0.15) is 6.92 Å². The number of hydrogen-bond donors (Lipinski definition) is 2. The lowest BCUT2D eigenvalue weighted by atomic mass is 10.3. The van der Waals surface area contributed by atoms with Crippen LogP contribution in [-0.2, 0) is 4.79 Å². The summed E-state index contributed by atoms with van der Waals surface area (Å²) in [6.45, 7) is 2.04. The van der Waals surface area contributed by atoms with E-state index in [1.807, 2.05) is 29.7 Å². The second-order valence-electron chi connectivity index (χ2n) is 2.76. The predicted octanol–water partition coefficient (Wildman–Crippen LogP) is 1.17. The van der Waals surface area contributed by atoms with Crippen molar-refractivity contribution >= 4 is 17.7 Å². The van der Waals surface area contributed by atoms with Crippen LogP contribution in [0.3, 0.4) is 0 Å². The minimum Gasteiger partial charge on any atom is -0.484 e. The fraction of sp³-hybridized carbons (Fsp3) is 0.300. The molecule has 0 aliphatic carbocycles. The van der Waals surface area contributed by atoms with Gasteiger partial charge in [-0.25, -0.2) is 5.84 Å². The number of nitrogens with one attached hydrogen (secondary N) is 1. The molecule has 0 atom stereocenters. The van der Waals surface area contributed by atoms with Crippen LogP contribution < -0.4 is 16.0 Å². The summed E-state index contributed by atoms with van der Waals surface area (Å²) in [6, 6.07) is 7.59. The molecule has 1 amide bonds. The average Bonchev–Trinajstić information content (AvgIpc) is 2.28. The van der Waals surface area contributed by atoms with E-state index in [0.717, 1.165) is 5.75 Å². The first kappa shape index (κ1) is 11.9. The second-order valence-corrected chi connectivity index (χ2v) is 4.10. The van der Waals surface area contributed by atoms with Gasteiger partial charge in [0.15, 0.2) is 6.61 Å². The Labute approximate surface area is 93.1 Å². The van der Waals surface area contributed by atoms with Gasteiger partial charge in [0.25, 0.3) is 5.91 Å². The maximum absolute atomic E-state index is 10.8. The zero-order valence-corrected chi connectivity index (χ0v) is 9.34. The van der Waals surface area contributed by atoms with Gasteiger partial charge in [-0.1, -0.05) is 6.92 Å². The number of thioether (sulfide) groups is 1. The van der Waals surface area contributed by atoms with Gasteiger partial charge in [0.1, 0.15) is 5.75 Å². The van der Waals surface area contributed by atoms with Crippen molar-refractivity contribution in [3.8, 4) is 5.75 Å². The number of amides is 1. The molecule has 0 spiro atoms. The molecule has 0 radical (unpaired) electrons. The fourth-order valence-electron chi connectivity index (χ4n) is 0.989. The van der Waals surface area contributed by atoms with Crippen molar-refractivity contribution in [1.82, 2.24) is 5.43 Å². The Kier molecular flexibility index (Phi) is 5.00. The Morgan fingerprint density at radius 2 is 2.13 bits per heavy atom. The SMILES string of the molecule is CCSc1ccc(OCC(=O)NN)cc1. The van der Waals surface area contributed by atoms with Crippen LogP contribution in [0.5, 0.6) is 5.75 Å². The van der Waals surface area contributed by atoms with Crippen molar-refractivity contribution in [1.29, 1.82) is 0 Å². The van der Waals surface area contributed by atoms with Gasteiger partial charge < -0.3 is 4.74 Å². The van der Waals surface area contributed by atoms with Crippen molar-refractivity contribution in [3.05, 3.63) is 24.3 Å². The first-order valence-corrected chi connectivity index (χ1v) is 5.60. The molecule has 1 aromatic carbocycles. The van der Waals surface area contributed by atoms with Crippen molar-refractivity contribution in [2.24, 2.45) is 5.84 Å². The minimum absolute atomic E-state index is 0.0588. The molecule has 1 rings (SSSR count). The maximum atomic E-state index is 10.8. The molecule has 0 unspecified atom stereocenters. The van der Waals surface area contributed by atoms with Gasteiger partial charge in [0.05, 0.1) is 0 Å². The van der Waals surface area contributed by atoms with E-state index in [1.54, 1.807) is 11.8 Å². The van der Waals surface area contributed by atoms with E-state index in [1.165, 1.54) is 4.90 Å². The van der Waals surface area contributed by atoms with Crippen LogP contribution in [0.4, 0.5) is 0 Å². The van der Waals surface area contributed by atoms with Crippen molar-refractivity contribution in [3.63, 3.8) is 0 Å². The topological polar surface area (TPSA) is 64.3 Å². The molecule has 0 fully saturated rings. The Hall–Kier alpha value is -1.20. The summed E-state index contributed by atoms with van der Waals surface area (Å²) >= 11 is 1.76. The number of rotatable bonds is 5. The molecule has 3 N–H and O–H groups in total. The summed E-state index contributed by atoms with van der Waals surface area (Å²) in [6.07, 6.45) is 0. The lowest BCUT2D eigenvalue weighted by molar-refractivity contribution is -0.123. The van der Waals surface area contributed by atoms with E-state index in [0.29, 0.717) is 5.75 Å². The monoisotopic (exact) mass is 226 g/mol. The number of nitrogens with two attached hydrogens (primary N) is 1. The molecule has 1 aromatic rings. The predicted molar refractivity (Wildman–Crippen MR) is 60.7 cm³/mol. The van der Waals surface area contributed by atoms with Crippen LogP contribution in [-0.4, -0.2) is 18.3 Å². The molecule has 0 saturated heterocycles. The third-order valence-electron chi connectivity index (χ3n) is 1.67. The van der Waals surface area contributed by atoms with Gasteiger partial charge >= 0.3 is 0 Å². The molecule has 0 bridgehead atoms. The molecular weight excluding hydrogens is 212 g/mol. The highest BCUT2D eigenvalue weighted by molar-refractivity contribution is 7.99. The Balaban J connectivity index is 2.45. The number of ether oxygens (including phenoxy) is 1. The van der Waals surface area contributed by atoms with Gasteiger partial charge in [0.2, 0.25) is 0 Å². The highest BCUT2D eigenvalue weighted by Crippen LogP contribution is 2.20. The van der Waals surface area contributed by atoms with Crippen molar-refractivity contribution < 1.29 is 9.53 Å². The van der Waals surface area contributed by atoms with E-state index in [2.05, 4.69) is 6.92 Å². The average molecular weight is 226 g/mol. The summed E-state index contributed by atoms with van der Waals surface area (Å²) in [5.74, 6) is 6.27. The molecule has 0 aliphatic heterocycles.